The van der Waals surface area contributed by atoms with Gasteiger partial charge in [-0.2, -0.15) is 0 Å². The summed E-state index contributed by atoms with van der Waals surface area (Å²) in [6.45, 7) is 2.84. The molecule has 2 N–H and O–H groups in total. The standard InChI is InChI=1S/C17H24FN3OS/c1-21-8-6-13(7-9-21)19-17(23)20-15-3-2-10-22-16-5-4-12(18)11-14(15)16/h4-5,11,13,15H,2-3,6-10H2,1H3,(H2,19,20,23). The Morgan fingerprint density at radius 3 is 2.83 bits per heavy atom. The van der Waals surface area contributed by atoms with Crippen LogP contribution in [0.15, 0.2) is 18.2 Å². The molecule has 0 saturated carbocycles. The fourth-order valence-electron chi connectivity index (χ4n) is 3.24. The molecule has 0 aromatic heterocycles. The van der Waals surface area contributed by atoms with Crippen LogP contribution in [0.4, 0.5) is 4.39 Å². The Morgan fingerprint density at radius 2 is 2.04 bits per heavy atom. The SMILES string of the molecule is CN1CCC(NC(=S)NC2CCCOc3ccc(F)cc32)CC1. The molecule has 4 nitrogen and oxygen atoms in total. The van der Waals surface area contributed by atoms with Crippen LogP contribution in [0, 0.1) is 5.82 Å². The highest BCUT2D eigenvalue weighted by molar-refractivity contribution is 7.80. The fraction of sp³-hybridized carbons (Fsp3) is 0.588. The van der Waals surface area contributed by atoms with Crippen molar-refractivity contribution in [2.24, 2.45) is 0 Å². The van der Waals surface area contributed by atoms with E-state index in [2.05, 4.69) is 22.6 Å². The van der Waals surface area contributed by atoms with E-state index in [0.29, 0.717) is 17.8 Å². The van der Waals surface area contributed by atoms with Crippen LogP contribution in [-0.4, -0.2) is 42.8 Å². The second-order valence-electron chi connectivity index (χ2n) is 6.42. The van der Waals surface area contributed by atoms with Crippen molar-refractivity contribution < 1.29 is 9.13 Å². The summed E-state index contributed by atoms with van der Waals surface area (Å²) in [4.78, 5) is 2.33. The average Bonchev–Trinajstić information content (AvgIpc) is 2.72. The van der Waals surface area contributed by atoms with Crippen molar-refractivity contribution in [2.75, 3.05) is 26.7 Å². The quantitative estimate of drug-likeness (QED) is 0.812. The second kappa shape index (κ2) is 7.45. The smallest absolute Gasteiger partial charge is 0.166 e. The van der Waals surface area contributed by atoms with E-state index in [9.17, 15) is 4.39 Å². The number of nitrogens with zero attached hydrogens (tertiary/aromatic N) is 1. The summed E-state index contributed by atoms with van der Waals surface area (Å²) >= 11 is 5.48. The number of nitrogens with one attached hydrogen (secondary N) is 2. The van der Waals surface area contributed by atoms with Crippen molar-refractivity contribution in [1.29, 1.82) is 0 Å². The molecule has 0 spiro atoms. The van der Waals surface area contributed by atoms with E-state index in [4.69, 9.17) is 17.0 Å². The predicted octanol–water partition coefficient (Wildman–Crippen LogP) is 2.60. The first-order valence-corrected chi connectivity index (χ1v) is 8.70. The van der Waals surface area contributed by atoms with Gasteiger partial charge in [-0.15, -0.1) is 0 Å². The Morgan fingerprint density at radius 1 is 1.26 bits per heavy atom. The Balaban J connectivity index is 1.63. The van der Waals surface area contributed by atoms with E-state index in [1.807, 2.05) is 0 Å². The molecule has 0 amide bonds. The average molecular weight is 337 g/mol. The molecular formula is C17H24FN3OS. The molecule has 0 aliphatic carbocycles. The van der Waals surface area contributed by atoms with Crippen LogP contribution in [0.2, 0.25) is 0 Å². The van der Waals surface area contributed by atoms with Crippen LogP contribution in [-0.2, 0) is 0 Å². The van der Waals surface area contributed by atoms with Gasteiger partial charge in [-0.05, 0) is 76.2 Å². The van der Waals surface area contributed by atoms with Gasteiger partial charge in [0, 0.05) is 11.6 Å². The highest BCUT2D eigenvalue weighted by Gasteiger charge is 2.23. The van der Waals surface area contributed by atoms with Crippen LogP contribution in [0.5, 0.6) is 5.75 Å². The number of piperidine rings is 1. The van der Waals surface area contributed by atoms with Gasteiger partial charge in [-0.25, -0.2) is 4.39 Å². The normalized spacial score (nSPS) is 22.6. The van der Waals surface area contributed by atoms with Crippen molar-refractivity contribution >= 4 is 17.3 Å². The molecule has 1 atom stereocenters. The Hall–Kier alpha value is -1.40. The molecule has 1 aromatic rings. The first-order chi connectivity index (χ1) is 11.1. The highest BCUT2D eigenvalue weighted by atomic mass is 32.1. The summed E-state index contributed by atoms with van der Waals surface area (Å²) in [6, 6.07) is 5.11. The molecule has 0 radical (unpaired) electrons. The van der Waals surface area contributed by atoms with E-state index in [-0.39, 0.29) is 11.9 Å². The number of thiocarbonyl (C=S) groups is 1. The molecule has 1 saturated heterocycles. The number of halogens is 1. The molecule has 1 unspecified atom stereocenters. The summed E-state index contributed by atoms with van der Waals surface area (Å²) in [7, 11) is 2.14. The zero-order valence-corrected chi connectivity index (χ0v) is 14.3. The minimum absolute atomic E-state index is 0.00513. The lowest BCUT2D eigenvalue weighted by Crippen LogP contribution is -2.47. The Kier molecular flexibility index (Phi) is 5.33. The number of fused-ring (bicyclic) bond motifs is 1. The topological polar surface area (TPSA) is 36.5 Å². The molecular weight excluding hydrogens is 313 g/mol. The fourth-order valence-corrected chi connectivity index (χ4v) is 3.55. The summed E-state index contributed by atoms with van der Waals surface area (Å²) in [5.74, 6) is 0.513. The number of ether oxygens (including phenoxy) is 1. The molecule has 23 heavy (non-hydrogen) atoms. The monoisotopic (exact) mass is 337 g/mol. The molecule has 2 heterocycles. The maximum absolute atomic E-state index is 13.6. The Bertz CT molecular complexity index is 561. The number of benzene rings is 1. The summed E-state index contributed by atoms with van der Waals surface area (Å²) in [5, 5.41) is 7.43. The maximum atomic E-state index is 13.6. The van der Waals surface area contributed by atoms with Gasteiger partial charge in [0.05, 0.1) is 12.6 Å². The van der Waals surface area contributed by atoms with Crippen LogP contribution in [0.3, 0.4) is 0 Å². The van der Waals surface area contributed by atoms with Gasteiger partial charge in [0.25, 0.3) is 0 Å². The van der Waals surface area contributed by atoms with E-state index in [0.717, 1.165) is 50.1 Å². The molecule has 0 bridgehead atoms. The number of likely N-dealkylation sites (tertiary alicyclic amines) is 1. The van der Waals surface area contributed by atoms with Gasteiger partial charge in [0.2, 0.25) is 0 Å². The van der Waals surface area contributed by atoms with Gasteiger partial charge in [-0.3, -0.25) is 0 Å². The predicted molar refractivity (Wildman–Crippen MR) is 93.3 cm³/mol. The van der Waals surface area contributed by atoms with Gasteiger partial charge in [0.1, 0.15) is 11.6 Å². The molecule has 1 fully saturated rings. The largest absolute Gasteiger partial charge is 0.493 e. The van der Waals surface area contributed by atoms with Gasteiger partial charge < -0.3 is 20.3 Å². The van der Waals surface area contributed by atoms with Crippen molar-refractivity contribution in [1.82, 2.24) is 15.5 Å². The van der Waals surface area contributed by atoms with E-state index in [1.54, 1.807) is 12.1 Å². The van der Waals surface area contributed by atoms with E-state index < -0.39 is 0 Å². The molecule has 3 rings (SSSR count). The van der Waals surface area contributed by atoms with E-state index in [1.165, 1.54) is 6.07 Å². The molecule has 6 heteroatoms. The van der Waals surface area contributed by atoms with Gasteiger partial charge in [0.15, 0.2) is 5.11 Å². The third-order valence-corrected chi connectivity index (χ3v) is 4.84. The first-order valence-electron chi connectivity index (χ1n) is 8.29. The lowest BCUT2D eigenvalue weighted by molar-refractivity contribution is 0.246. The minimum Gasteiger partial charge on any atom is -0.493 e. The first kappa shape index (κ1) is 16.5. The Labute approximate surface area is 142 Å². The van der Waals surface area contributed by atoms with Crippen molar-refractivity contribution in [2.45, 2.75) is 37.8 Å². The van der Waals surface area contributed by atoms with Gasteiger partial charge >= 0.3 is 0 Å². The lowest BCUT2D eigenvalue weighted by Gasteiger charge is -2.31. The maximum Gasteiger partial charge on any atom is 0.166 e. The molecule has 2 aliphatic rings. The van der Waals surface area contributed by atoms with Gasteiger partial charge in [-0.1, -0.05) is 0 Å². The number of hydrogen-bond acceptors (Lipinski definition) is 3. The molecule has 126 valence electrons. The summed E-state index contributed by atoms with van der Waals surface area (Å²) in [5.41, 5.74) is 0.857. The minimum atomic E-state index is -0.241. The third-order valence-electron chi connectivity index (χ3n) is 4.60. The van der Waals surface area contributed by atoms with E-state index >= 15 is 0 Å². The van der Waals surface area contributed by atoms with Crippen LogP contribution < -0.4 is 15.4 Å². The lowest BCUT2D eigenvalue weighted by atomic mass is 10.0. The number of rotatable bonds is 2. The van der Waals surface area contributed by atoms with Crippen LogP contribution in [0.1, 0.15) is 37.3 Å². The summed E-state index contributed by atoms with van der Waals surface area (Å²) in [6.07, 6.45) is 3.99. The highest BCUT2D eigenvalue weighted by Crippen LogP contribution is 2.32. The van der Waals surface area contributed by atoms with Crippen molar-refractivity contribution in [3.63, 3.8) is 0 Å². The summed E-state index contributed by atoms with van der Waals surface area (Å²) < 4.78 is 19.3. The second-order valence-corrected chi connectivity index (χ2v) is 6.83. The van der Waals surface area contributed by atoms with Crippen LogP contribution >= 0.6 is 12.2 Å². The third kappa shape index (κ3) is 4.32. The van der Waals surface area contributed by atoms with Crippen LogP contribution in [0.25, 0.3) is 0 Å². The zero-order chi connectivity index (χ0) is 16.2. The van der Waals surface area contributed by atoms with Crippen molar-refractivity contribution in [3.8, 4) is 5.75 Å². The zero-order valence-electron chi connectivity index (χ0n) is 13.5. The molecule has 2 aliphatic heterocycles. The molecule has 1 aromatic carbocycles. The van der Waals surface area contributed by atoms with Crippen molar-refractivity contribution in [3.05, 3.63) is 29.6 Å². The number of hydrogen-bond donors (Lipinski definition) is 2.